The zero-order chi connectivity index (χ0) is 14.2. The Kier molecular flexibility index (Phi) is 3.30. The number of likely N-dealkylation sites (tertiary alicyclic amines) is 1. The van der Waals surface area contributed by atoms with Crippen LogP contribution in [0.3, 0.4) is 0 Å². The molecule has 1 fully saturated rings. The molecular formula is C14H19N3O2. The Labute approximate surface area is 113 Å². The van der Waals surface area contributed by atoms with Crippen molar-refractivity contribution < 1.29 is 9.59 Å². The van der Waals surface area contributed by atoms with Gasteiger partial charge in [-0.15, -0.1) is 0 Å². The smallest absolute Gasteiger partial charge is 0.239 e. The molecule has 2 rings (SSSR count). The predicted molar refractivity (Wildman–Crippen MR) is 72.7 cm³/mol. The number of carbonyl (C=O) groups excluding carboxylic acids is 2. The number of hydrogen-bond donors (Lipinski definition) is 1. The fraction of sp³-hybridized carbons (Fsp3) is 0.500. The van der Waals surface area contributed by atoms with Crippen LogP contribution in [0, 0.1) is 19.3 Å². The molecule has 102 valence electrons. The van der Waals surface area contributed by atoms with Crippen LogP contribution in [0.1, 0.15) is 24.7 Å². The molecule has 1 aliphatic rings. The van der Waals surface area contributed by atoms with Crippen molar-refractivity contribution in [3.8, 4) is 0 Å². The standard InChI is InChI=1S/C14H19N3O2/c1-9-5-6-11(10(2)15-9)16-12(18)14(3)7-8-17(4)13(14)19/h5-6H,7-8H2,1-4H3,(H,16,18). The second-order valence-electron chi connectivity index (χ2n) is 5.35. The molecule has 0 aliphatic carbocycles. The van der Waals surface area contributed by atoms with Gasteiger partial charge >= 0.3 is 0 Å². The van der Waals surface area contributed by atoms with Crippen LogP contribution in [0.2, 0.25) is 0 Å². The van der Waals surface area contributed by atoms with Gasteiger partial charge in [0.05, 0.1) is 11.4 Å². The number of rotatable bonds is 2. The number of nitrogens with one attached hydrogen (secondary N) is 1. The highest BCUT2D eigenvalue weighted by Crippen LogP contribution is 2.32. The summed E-state index contributed by atoms with van der Waals surface area (Å²) in [4.78, 5) is 30.3. The molecule has 0 saturated carbocycles. The van der Waals surface area contributed by atoms with Crippen molar-refractivity contribution in [3.05, 3.63) is 23.5 Å². The van der Waals surface area contributed by atoms with Crippen molar-refractivity contribution >= 4 is 17.5 Å². The molecule has 1 aliphatic heterocycles. The highest BCUT2D eigenvalue weighted by atomic mass is 16.2. The Morgan fingerprint density at radius 2 is 2.11 bits per heavy atom. The summed E-state index contributed by atoms with van der Waals surface area (Å²) in [7, 11) is 1.72. The van der Waals surface area contributed by atoms with Crippen LogP contribution in [0.4, 0.5) is 5.69 Å². The van der Waals surface area contributed by atoms with Crippen molar-refractivity contribution in [1.82, 2.24) is 9.88 Å². The number of aryl methyl sites for hydroxylation is 2. The molecule has 1 N–H and O–H groups in total. The second kappa shape index (κ2) is 4.64. The molecule has 1 unspecified atom stereocenters. The topological polar surface area (TPSA) is 62.3 Å². The predicted octanol–water partition coefficient (Wildman–Crippen LogP) is 1.51. The van der Waals surface area contributed by atoms with Crippen molar-refractivity contribution in [2.45, 2.75) is 27.2 Å². The SMILES string of the molecule is Cc1ccc(NC(=O)C2(C)CCN(C)C2=O)c(C)n1. The van der Waals surface area contributed by atoms with Crippen LogP contribution in [0.15, 0.2) is 12.1 Å². The van der Waals surface area contributed by atoms with E-state index in [-0.39, 0.29) is 11.8 Å². The summed E-state index contributed by atoms with van der Waals surface area (Å²) in [5, 5.41) is 2.82. The molecule has 0 aromatic carbocycles. The van der Waals surface area contributed by atoms with Gasteiger partial charge in [0, 0.05) is 19.3 Å². The van der Waals surface area contributed by atoms with Crippen molar-refractivity contribution in [3.63, 3.8) is 0 Å². The number of nitrogens with zero attached hydrogens (tertiary/aromatic N) is 2. The maximum Gasteiger partial charge on any atom is 0.239 e. The van der Waals surface area contributed by atoms with Gasteiger partial charge in [0.25, 0.3) is 0 Å². The van der Waals surface area contributed by atoms with Gasteiger partial charge in [-0.2, -0.15) is 0 Å². The molecule has 0 radical (unpaired) electrons. The maximum absolute atomic E-state index is 12.3. The lowest BCUT2D eigenvalue weighted by atomic mass is 9.87. The van der Waals surface area contributed by atoms with E-state index in [1.807, 2.05) is 26.0 Å². The first-order valence-corrected chi connectivity index (χ1v) is 6.36. The molecule has 5 nitrogen and oxygen atoms in total. The molecule has 0 bridgehead atoms. The van der Waals surface area contributed by atoms with E-state index < -0.39 is 5.41 Å². The largest absolute Gasteiger partial charge is 0.345 e. The lowest BCUT2D eigenvalue weighted by Gasteiger charge is -2.21. The van der Waals surface area contributed by atoms with Crippen molar-refractivity contribution in [2.24, 2.45) is 5.41 Å². The highest BCUT2D eigenvalue weighted by molar-refractivity contribution is 6.11. The molecule has 0 spiro atoms. The van der Waals surface area contributed by atoms with Gasteiger partial charge in [-0.1, -0.05) is 0 Å². The van der Waals surface area contributed by atoms with E-state index in [2.05, 4.69) is 10.3 Å². The van der Waals surface area contributed by atoms with E-state index in [0.29, 0.717) is 18.7 Å². The third-order valence-corrected chi connectivity index (χ3v) is 3.74. The van der Waals surface area contributed by atoms with Gasteiger partial charge in [-0.3, -0.25) is 14.6 Å². The van der Waals surface area contributed by atoms with Gasteiger partial charge in [0.1, 0.15) is 5.41 Å². The number of anilines is 1. The Morgan fingerprint density at radius 3 is 2.63 bits per heavy atom. The monoisotopic (exact) mass is 261 g/mol. The van der Waals surface area contributed by atoms with Gasteiger partial charge in [-0.05, 0) is 39.3 Å². The first kappa shape index (κ1) is 13.5. The molecule has 2 heterocycles. The summed E-state index contributed by atoms with van der Waals surface area (Å²) in [5.41, 5.74) is 1.36. The zero-order valence-corrected chi connectivity index (χ0v) is 11.8. The van der Waals surface area contributed by atoms with E-state index in [0.717, 1.165) is 11.4 Å². The summed E-state index contributed by atoms with van der Waals surface area (Å²) in [6, 6.07) is 3.66. The molecule has 1 atom stereocenters. The normalized spacial score (nSPS) is 22.7. The Hall–Kier alpha value is -1.91. The number of carbonyl (C=O) groups is 2. The lowest BCUT2D eigenvalue weighted by Crippen LogP contribution is -2.40. The third-order valence-electron chi connectivity index (χ3n) is 3.74. The number of hydrogen-bond acceptors (Lipinski definition) is 3. The minimum Gasteiger partial charge on any atom is -0.345 e. The Balaban J connectivity index is 2.20. The van der Waals surface area contributed by atoms with E-state index >= 15 is 0 Å². The molecule has 1 saturated heterocycles. The van der Waals surface area contributed by atoms with Crippen LogP contribution in [-0.4, -0.2) is 35.3 Å². The van der Waals surface area contributed by atoms with E-state index in [1.54, 1.807) is 18.9 Å². The van der Waals surface area contributed by atoms with Gasteiger partial charge in [0.15, 0.2) is 0 Å². The molecular weight excluding hydrogens is 242 g/mol. The summed E-state index contributed by atoms with van der Waals surface area (Å²) in [6.07, 6.45) is 0.548. The quantitative estimate of drug-likeness (QED) is 0.821. The fourth-order valence-corrected chi connectivity index (χ4v) is 2.31. The van der Waals surface area contributed by atoms with Crippen LogP contribution in [0.25, 0.3) is 0 Å². The molecule has 1 aromatic rings. The zero-order valence-electron chi connectivity index (χ0n) is 11.8. The van der Waals surface area contributed by atoms with Crippen molar-refractivity contribution in [1.29, 1.82) is 0 Å². The van der Waals surface area contributed by atoms with Crippen LogP contribution in [0.5, 0.6) is 0 Å². The van der Waals surface area contributed by atoms with Crippen LogP contribution < -0.4 is 5.32 Å². The lowest BCUT2D eigenvalue weighted by molar-refractivity contribution is -0.141. The average molecular weight is 261 g/mol. The molecule has 19 heavy (non-hydrogen) atoms. The van der Waals surface area contributed by atoms with E-state index in [1.165, 1.54) is 0 Å². The first-order valence-electron chi connectivity index (χ1n) is 6.36. The van der Waals surface area contributed by atoms with Gasteiger partial charge in [-0.25, -0.2) is 0 Å². The van der Waals surface area contributed by atoms with Crippen molar-refractivity contribution in [2.75, 3.05) is 18.9 Å². The number of aromatic nitrogens is 1. The molecule has 5 heteroatoms. The van der Waals surface area contributed by atoms with Crippen LogP contribution in [-0.2, 0) is 9.59 Å². The Bertz CT molecular complexity index is 541. The van der Waals surface area contributed by atoms with Gasteiger partial charge in [0.2, 0.25) is 11.8 Å². The number of pyridine rings is 1. The summed E-state index contributed by atoms with van der Waals surface area (Å²) in [6.45, 7) is 6.06. The highest BCUT2D eigenvalue weighted by Gasteiger charge is 2.47. The second-order valence-corrected chi connectivity index (χ2v) is 5.35. The maximum atomic E-state index is 12.3. The van der Waals surface area contributed by atoms with Crippen LogP contribution >= 0.6 is 0 Å². The molecule has 1 aromatic heterocycles. The minimum absolute atomic E-state index is 0.122. The number of amides is 2. The fourth-order valence-electron chi connectivity index (χ4n) is 2.31. The molecule has 2 amide bonds. The summed E-state index contributed by atoms with van der Waals surface area (Å²) >= 11 is 0. The first-order chi connectivity index (χ1) is 8.84. The van der Waals surface area contributed by atoms with E-state index in [4.69, 9.17) is 0 Å². The average Bonchev–Trinajstić information content (AvgIpc) is 2.62. The third kappa shape index (κ3) is 2.32. The summed E-state index contributed by atoms with van der Waals surface area (Å²) in [5.74, 6) is -0.377. The minimum atomic E-state index is -0.966. The van der Waals surface area contributed by atoms with E-state index in [9.17, 15) is 9.59 Å². The van der Waals surface area contributed by atoms with Gasteiger partial charge < -0.3 is 10.2 Å². The summed E-state index contributed by atoms with van der Waals surface area (Å²) < 4.78 is 0. The Morgan fingerprint density at radius 1 is 1.42 bits per heavy atom.